The molecular formula is C66H62Br4N6S2. The van der Waals surface area contributed by atoms with Crippen LogP contribution in [0.5, 0.6) is 0 Å². The zero-order valence-electron chi connectivity index (χ0n) is 43.3. The lowest BCUT2D eigenvalue weighted by atomic mass is 10.1. The minimum Gasteiger partial charge on any atom is -1.00 e. The number of nitrogens with zero attached hydrogens (tertiary/aromatic N) is 6. The number of rotatable bonds is 15. The Kier molecular flexibility index (Phi) is 23.8. The SMILES string of the molecule is BrCCCCN1c2ccccc2Sc2ccccc21.[Br-].[Br-].[Br-].c1ccc(C[n+]2ccc(-c3cc[n+](CCCCN4c5ccccc5Sc5ccccc54)cc3)cc2)cc1.c1ccc(C[n+]2ccc(-c3ccncc3)cc2)cc1. The first-order chi connectivity index (χ1) is 37.1. The quantitative estimate of drug-likeness (QED) is 0.0656. The molecule has 0 atom stereocenters. The highest BCUT2D eigenvalue weighted by Crippen LogP contribution is 2.49. The highest BCUT2D eigenvalue weighted by Gasteiger charge is 2.24. The van der Waals surface area contributed by atoms with Crippen LogP contribution in [0.3, 0.4) is 0 Å². The Balaban J connectivity index is 0.000000182. The van der Waals surface area contributed by atoms with Gasteiger partial charge in [0.25, 0.3) is 0 Å². The molecule has 10 aromatic rings. The Morgan fingerprint density at radius 2 is 0.667 bits per heavy atom. The van der Waals surface area contributed by atoms with Crippen molar-refractivity contribution in [2.24, 2.45) is 0 Å². The lowest BCUT2D eigenvalue weighted by Crippen LogP contribution is -3.00. The lowest BCUT2D eigenvalue weighted by Gasteiger charge is -2.32. The van der Waals surface area contributed by atoms with Crippen LogP contribution in [-0.4, -0.2) is 23.4 Å². The second kappa shape index (κ2) is 31.1. The maximum absolute atomic E-state index is 4.04. The Hall–Kier alpha value is -5.86. The van der Waals surface area contributed by atoms with E-state index in [0.717, 1.165) is 50.9 Å². The zero-order chi connectivity index (χ0) is 50.9. The number of para-hydroxylation sites is 4. The van der Waals surface area contributed by atoms with Gasteiger partial charge in [-0.2, -0.15) is 0 Å². The van der Waals surface area contributed by atoms with Crippen molar-refractivity contribution in [2.45, 2.75) is 64.9 Å². The normalized spacial score (nSPS) is 11.4. The van der Waals surface area contributed by atoms with Gasteiger partial charge in [-0.25, -0.2) is 13.7 Å². The molecule has 0 spiro atoms. The summed E-state index contributed by atoms with van der Waals surface area (Å²) in [6, 6.07) is 73.1. The maximum atomic E-state index is 4.04. The first-order valence-corrected chi connectivity index (χ1v) is 28.7. The Bertz CT molecular complexity index is 3270. The molecule has 12 rings (SSSR count). The standard InChI is InChI=1S/C33H31N3S.C17H15N2.C16H16BrNS.3BrH/c1-2-10-27(11-3-1)26-35-24-18-29(19-25-35)28-16-22-34(23-17-28)20-8-9-21-36-30-12-4-6-14-32(30)37-33-15-7-5-13-31(33)36;1-2-4-15(5-3-1)14-19-12-8-17(9-13-19)16-6-10-18-11-7-16;17-11-5-6-12-18-13-7-1-3-9-15(13)19-16-10-4-2-8-14(16)18;;;/h1-7,10-19,22-25H,8-9,20-21,26H2;1-13H,14H2;1-4,7-10H,5-6,11-12H2;3*1H/q+2;+1;;;;/p-3. The third-order valence-electron chi connectivity index (χ3n) is 13.3. The summed E-state index contributed by atoms with van der Waals surface area (Å²) in [5.41, 5.74) is 12.9. The molecule has 396 valence electrons. The minimum absolute atomic E-state index is 0. The Labute approximate surface area is 509 Å². The first-order valence-electron chi connectivity index (χ1n) is 25.9. The van der Waals surface area contributed by atoms with Gasteiger partial charge in [0.15, 0.2) is 50.3 Å². The second-order valence-electron chi connectivity index (χ2n) is 18.5. The van der Waals surface area contributed by atoms with Crippen molar-refractivity contribution in [3.8, 4) is 22.3 Å². The number of aryl methyl sites for hydroxylation is 1. The number of benzene rings is 6. The van der Waals surface area contributed by atoms with Crippen molar-refractivity contribution in [2.75, 3.05) is 28.2 Å². The van der Waals surface area contributed by atoms with E-state index in [0.29, 0.717) is 0 Å². The van der Waals surface area contributed by atoms with Gasteiger partial charge in [0, 0.05) is 104 Å². The summed E-state index contributed by atoms with van der Waals surface area (Å²) in [7, 11) is 0. The number of halogens is 4. The molecule has 0 aliphatic carbocycles. The van der Waals surface area contributed by atoms with E-state index >= 15 is 0 Å². The van der Waals surface area contributed by atoms with Gasteiger partial charge in [-0.3, -0.25) is 4.98 Å². The molecule has 0 N–H and O–H groups in total. The Morgan fingerprint density at radius 3 is 1.04 bits per heavy atom. The van der Waals surface area contributed by atoms with Gasteiger partial charge in [-0.1, -0.05) is 149 Å². The van der Waals surface area contributed by atoms with E-state index < -0.39 is 0 Å². The smallest absolute Gasteiger partial charge is 0.173 e. The highest BCUT2D eigenvalue weighted by molar-refractivity contribution is 9.09. The van der Waals surface area contributed by atoms with Crippen LogP contribution >= 0.6 is 39.5 Å². The number of alkyl halides is 1. The highest BCUT2D eigenvalue weighted by atomic mass is 79.9. The second-order valence-corrected chi connectivity index (χ2v) is 21.5. The molecule has 0 saturated heterocycles. The van der Waals surface area contributed by atoms with Crippen LogP contribution in [0, 0.1) is 0 Å². The molecule has 2 aliphatic heterocycles. The number of hydrogen-bond donors (Lipinski definition) is 0. The summed E-state index contributed by atoms with van der Waals surface area (Å²) >= 11 is 7.27. The predicted molar refractivity (Wildman–Crippen MR) is 314 cm³/mol. The van der Waals surface area contributed by atoms with Gasteiger partial charge in [0.1, 0.15) is 6.54 Å². The molecule has 0 unspecified atom stereocenters. The minimum atomic E-state index is 0. The predicted octanol–water partition coefficient (Wildman–Crippen LogP) is 6.62. The molecule has 0 fully saturated rings. The molecule has 0 radical (unpaired) electrons. The van der Waals surface area contributed by atoms with Crippen LogP contribution in [0.1, 0.15) is 36.8 Å². The number of pyridine rings is 4. The largest absolute Gasteiger partial charge is 1.00 e. The van der Waals surface area contributed by atoms with Crippen LogP contribution in [0.2, 0.25) is 0 Å². The average molecular weight is 1320 g/mol. The topological polar surface area (TPSA) is 31.0 Å². The Morgan fingerprint density at radius 1 is 0.346 bits per heavy atom. The number of fused-ring (bicyclic) bond motifs is 4. The lowest BCUT2D eigenvalue weighted by molar-refractivity contribution is -0.697. The van der Waals surface area contributed by atoms with E-state index in [1.165, 1.54) is 88.6 Å². The summed E-state index contributed by atoms with van der Waals surface area (Å²) in [5, 5.41) is 1.08. The average Bonchev–Trinajstić information content (AvgIpc) is 3.51. The number of hydrogen-bond acceptors (Lipinski definition) is 5. The molecule has 0 amide bonds. The summed E-state index contributed by atoms with van der Waals surface area (Å²) in [6.45, 7) is 4.93. The van der Waals surface area contributed by atoms with Crippen molar-refractivity contribution in [3.63, 3.8) is 0 Å². The first kappa shape index (κ1) is 59.8. The van der Waals surface area contributed by atoms with Crippen molar-refractivity contribution in [1.29, 1.82) is 0 Å². The van der Waals surface area contributed by atoms with E-state index in [1.807, 2.05) is 54.1 Å². The fourth-order valence-corrected chi connectivity index (χ4v) is 12.0. The molecule has 0 saturated carbocycles. The third kappa shape index (κ3) is 16.1. The molecule has 6 aromatic carbocycles. The molecular weight excluding hydrogens is 1260 g/mol. The van der Waals surface area contributed by atoms with Gasteiger partial charge < -0.3 is 60.7 Å². The van der Waals surface area contributed by atoms with Crippen molar-refractivity contribution in [3.05, 3.63) is 267 Å². The number of aromatic nitrogens is 4. The van der Waals surface area contributed by atoms with Gasteiger partial charge in [0.05, 0.1) is 22.7 Å². The van der Waals surface area contributed by atoms with Crippen LogP contribution in [-0.2, 0) is 19.6 Å². The maximum Gasteiger partial charge on any atom is 0.173 e. The summed E-state index contributed by atoms with van der Waals surface area (Å²) in [5.74, 6) is 0. The number of unbranched alkanes of at least 4 members (excludes halogenated alkanes) is 2. The van der Waals surface area contributed by atoms with E-state index in [9.17, 15) is 0 Å². The molecule has 6 nitrogen and oxygen atoms in total. The molecule has 0 bridgehead atoms. The van der Waals surface area contributed by atoms with Gasteiger partial charge in [0.2, 0.25) is 0 Å². The summed E-state index contributed by atoms with van der Waals surface area (Å²) in [6.07, 6.45) is 21.3. The van der Waals surface area contributed by atoms with Crippen LogP contribution in [0.4, 0.5) is 22.7 Å². The van der Waals surface area contributed by atoms with E-state index in [2.05, 4.69) is 270 Å². The molecule has 6 heterocycles. The number of anilines is 4. The van der Waals surface area contributed by atoms with E-state index in [4.69, 9.17) is 0 Å². The van der Waals surface area contributed by atoms with Crippen LogP contribution < -0.4 is 74.4 Å². The zero-order valence-corrected chi connectivity index (χ0v) is 51.3. The monoisotopic (exact) mass is 1320 g/mol. The van der Waals surface area contributed by atoms with Crippen LogP contribution in [0.15, 0.2) is 275 Å². The van der Waals surface area contributed by atoms with Gasteiger partial charge in [-0.05, 0) is 102 Å². The van der Waals surface area contributed by atoms with Crippen molar-refractivity contribution < 1.29 is 64.6 Å². The molecule has 12 heteroatoms. The summed E-state index contributed by atoms with van der Waals surface area (Å²) < 4.78 is 6.70. The van der Waals surface area contributed by atoms with E-state index in [1.54, 1.807) is 0 Å². The fraction of sp³-hybridized carbons (Fsp3) is 0.152. The molecule has 2 aliphatic rings. The van der Waals surface area contributed by atoms with Gasteiger partial charge >= 0.3 is 0 Å². The van der Waals surface area contributed by atoms with Crippen molar-refractivity contribution in [1.82, 2.24) is 4.98 Å². The van der Waals surface area contributed by atoms with Crippen LogP contribution in [0.25, 0.3) is 22.3 Å². The fourth-order valence-electron chi connectivity index (χ4n) is 9.41. The summed E-state index contributed by atoms with van der Waals surface area (Å²) in [4.78, 5) is 14.4. The molecule has 4 aromatic heterocycles. The molecule has 78 heavy (non-hydrogen) atoms. The third-order valence-corrected chi connectivity index (χ3v) is 16.1. The van der Waals surface area contributed by atoms with Crippen molar-refractivity contribution >= 4 is 62.2 Å². The van der Waals surface area contributed by atoms with Gasteiger partial charge in [-0.15, -0.1) is 0 Å². The van der Waals surface area contributed by atoms with E-state index in [-0.39, 0.29) is 50.9 Å².